The maximum atomic E-state index is 12.4. The van der Waals surface area contributed by atoms with Crippen LogP contribution >= 0.6 is 0 Å². The van der Waals surface area contributed by atoms with E-state index in [1.54, 1.807) is 0 Å². The van der Waals surface area contributed by atoms with Crippen LogP contribution in [0.15, 0.2) is 0 Å². The van der Waals surface area contributed by atoms with Gasteiger partial charge in [-0.25, -0.2) is 0 Å². The number of carbonyl (C=O) groups is 2. The highest BCUT2D eigenvalue weighted by atomic mass is 16.5. The quantitative estimate of drug-likeness (QED) is 0.141. The van der Waals surface area contributed by atoms with Gasteiger partial charge in [0.05, 0.1) is 25.0 Å². The molecule has 2 rings (SSSR count). The molecule has 0 aliphatic carbocycles. The van der Waals surface area contributed by atoms with Gasteiger partial charge in [0.1, 0.15) is 0 Å². The number of piperidine rings is 2. The zero-order valence-electron chi connectivity index (χ0n) is 30.7. The summed E-state index contributed by atoms with van der Waals surface area (Å²) in [6.45, 7) is 29.6. The third-order valence-corrected chi connectivity index (χ3v) is 8.95. The number of nitrogens with one attached hydrogen (secondary N) is 2. The zero-order valence-corrected chi connectivity index (χ0v) is 30.7. The van der Waals surface area contributed by atoms with E-state index in [9.17, 15) is 9.59 Å². The summed E-state index contributed by atoms with van der Waals surface area (Å²) in [5.41, 5.74) is 0.246. The van der Waals surface area contributed by atoms with Gasteiger partial charge in [-0.15, -0.1) is 0 Å². The van der Waals surface area contributed by atoms with Crippen LogP contribution in [0.4, 0.5) is 0 Å². The summed E-state index contributed by atoms with van der Waals surface area (Å²) < 4.78 is 10.9. The van der Waals surface area contributed by atoms with Crippen molar-refractivity contribution in [2.75, 3.05) is 26.2 Å². The number of hydrogen-bond acceptors (Lipinski definition) is 8. The van der Waals surface area contributed by atoms with Crippen molar-refractivity contribution in [2.24, 2.45) is 0 Å². The average Bonchev–Trinajstić information content (AvgIpc) is 2.79. The minimum absolute atomic E-state index is 0.0614. The first kappa shape index (κ1) is 39.0. The van der Waals surface area contributed by atoms with Gasteiger partial charge in [-0.3, -0.25) is 19.4 Å². The van der Waals surface area contributed by atoms with Gasteiger partial charge in [0.15, 0.2) is 0 Å². The van der Waals surface area contributed by atoms with Crippen LogP contribution in [0.5, 0.6) is 0 Å². The predicted octanol–water partition coefficient (Wildman–Crippen LogP) is 6.45. The summed E-state index contributed by atoms with van der Waals surface area (Å²) in [5.74, 6) is -0.196. The van der Waals surface area contributed by atoms with Crippen molar-refractivity contribution in [3.8, 4) is 0 Å². The maximum absolute atomic E-state index is 12.4. The molecule has 0 unspecified atom stereocenters. The molecule has 0 spiro atoms. The van der Waals surface area contributed by atoms with Crippen LogP contribution in [0, 0.1) is 0 Å². The molecule has 0 aromatic heterocycles. The van der Waals surface area contributed by atoms with Crippen LogP contribution in [-0.2, 0) is 19.1 Å². The first-order valence-corrected chi connectivity index (χ1v) is 17.6. The number of hydrogen-bond donors (Lipinski definition) is 2. The van der Waals surface area contributed by atoms with Crippen LogP contribution in [-0.4, -0.2) is 94.4 Å². The van der Waals surface area contributed by atoms with Crippen LogP contribution in [0.2, 0.25) is 0 Å². The standard InChI is InChI=1S/C36H70N4O4/c1-27(2)43-31(41)17-21-39(29-23-33(5,6)37-34(7,8)24-29)19-15-13-14-16-20-40(22-18-32(42)44-28(3)4)30-25-35(9,10)38-36(11,12)26-30/h27-30,37-38H,13-26H2,1-12H3. The van der Waals surface area contributed by atoms with Gasteiger partial charge in [0.25, 0.3) is 0 Å². The molecule has 0 atom stereocenters. The summed E-state index contributed by atoms with van der Waals surface area (Å²) >= 11 is 0. The molecule has 2 saturated heterocycles. The number of rotatable bonds is 17. The highest BCUT2D eigenvalue weighted by molar-refractivity contribution is 5.70. The van der Waals surface area contributed by atoms with E-state index in [1.807, 2.05) is 27.7 Å². The van der Waals surface area contributed by atoms with Crippen LogP contribution in [0.1, 0.15) is 147 Å². The second-order valence-corrected chi connectivity index (χ2v) is 17.0. The molecule has 2 heterocycles. The Morgan fingerprint density at radius 2 is 0.864 bits per heavy atom. The van der Waals surface area contributed by atoms with Crippen LogP contribution in [0.3, 0.4) is 0 Å². The molecule has 8 heteroatoms. The monoisotopic (exact) mass is 623 g/mol. The number of carbonyl (C=O) groups excluding carboxylic acids is 2. The van der Waals surface area contributed by atoms with Gasteiger partial charge in [-0.1, -0.05) is 12.8 Å². The van der Waals surface area contributed by atoms with Gasteiger partial charge < -0.3 is 20.1 Å². The average molecular weight is 623 g/mol. The van der Waals surface area contributed by atoms with Crippen LogP contribution in [0.25, 0.3) is 0 Å². The van der Waals surface area contributed by atoms with Crippen molar-refractivity contribution in [3.63, 3.8) is 0 Å². The van der Waals surface area contributed by atoms with Gasteiger partial charge in [-0.2, -0.15) is 0 Å². The third-order valence-electron chi connectivity index (χ3n) is 8.95. The van der Waals surface area contributed by atoms with Crippen LogP contribution < -0.4 is 10.6 Å². The Bertz CT molecular complexity index is 795. The Morgan fingerprint density at radius 3 is 1.14 bits per heavy atom. The van der Waals surface area contributed by atoms with Gasteiger partial charge in [-0.05, 0) is 135 Å². The molecule has 0 radical (unpaired) electrons. The molecule has 258 valence electrons. The first-order chi connectivity index (χ1) is 20.2. The van der Waals surface area contributed by atoms with Gasteiger partial charge in [0.2, 0.25) is 0 Å². The minimum atomic E-state index is -0.0981. The van der Waals surface area contributed by atoms with E-state index in [4.69, 9.17) is 9.47 Å². The highest BCUT2D eigenvalue weighted by Crippen LogP contribution is 2.33. The first-order valence-electron chi connectivity index (χ1n) is 17.6. The molecule has 0 aromatic carbocycles. The fourth-order valence-corrected chi connectivity index (χ4v) is 8.10. The second-order valence-electron chi connectivity index (χ2n) is 17.0. The molecule has 0 aromatic rings. The van der Waals surface area contributed by atoms with E-state index in [2.05, 4.69) is 75.8 Å². The lowest BCUT2D eigenvalue weighted by molar-refractivity contribution is -0.149. The lowest BCUT2D eigenvalue weighted by Crippen LogP contribution is -2.62. The molecule has 8 nitrogen and oxygen atoms in total. The Labute approximate surface area is 271 Å². The summed E-state index contributed by atoms with van der Waals surface area (Å²) in [7, 11) is 0. The van der Waals surface area contributed by atoms with E-state index < -0.39 is 0 Å². The smallest absolute Gasteiger partial charge is 0.307 e. The van der Waals surface area contributed by atoms with Gasteiger partial charge in [0, 0.05) is 47.3 Å². The molecule has 0 bridgehead atoms. The predicted molar refractivity (Wildman–Crippen MR) is 182 cm³/mol. The Balaban J connectivity index is 1.96. The van der Waals surface area contributed by atoms with E-state index in [-0.39, 0.29) is 46.3 Å². The summed E-state index contributed by atoms with van der Waals surface area (Å²) in [4.78, 5) is 30.0. The van der Waals surface area contributed by atoms with Crippen molar-refractivity contribution >= 4 is 11.9 Å². The molecule has 0 saturated carbocycles. The topological polar surface area (TPSA) is 83.1 Å². The van der Waals surface area contributed by atoms with E-state index >= 15 is 0 Å². The minimum Gasteiger partial charge on any atom is -0.463 e. The van der Waals surface area contributed by atoms with E-state index in [0.717, 1.165) is 77.5 Å². The number of nitrogens with zero attached hydrogens (tertiary/aromatic N) is 2. The summed E-state index contributed by atoms with van der Waals surface area (Å²) in [6.07, 6.45) is 9.62. The molecular formula is C36H70N4O4. The molecule has 44 heavy (non-hydrogen) atoms. The zero-order chi connectivity index (χ0) is 33.3. The van der Waals surface area contributed by atoms with Crippen molar-refractivity contribution in [1.29, 1.82) is 0 Å². The Kier molecular flexibility index (Phi) is 14.7. The fraction of sp³-hybridized carbons (Fsp3) is 0.944. The number of esters is 2. The molecule has 2 aliphatic heterocycles. The lowest BCUT2D eigenvalue weighted by atomic mass is 9.79. The van der Waals surface area contributed by atoms with Crippen molar-refractivity contribution in [2.45, 2.75) is 194 Å². The molecule has 2 N–H and O–H groups in total. The SMILES string of the molecule is CC(C)OC(=O)CCN(CCCCCCN(CCC(=O)OC(C)C)C1CC(C)(C)NC(C)(C)C1)C1CC(C)(C)NC(C)(C)C1. The molecular weight excluding hydrogens is 552 g/mol. The largest absolute Gasteiger partial charge is 0.463 e. The lowest BCUT2D eigenvalue weighted by Gasteiger charge is -2.50. The van der Waals surface area contributed by atoms with E-state index in [1.165, 1.54) is 0 Å². The van der Waals surface area contributed by atoms with Crippen molar-refractivity contribution < 1.29 is 19.1 Å². The summed E-state index contributed by atoms with van der Waals surface area (Å²) in [5, 5.41) is 7.62. The fourth-order valence-electron chi connectivity index (χ4n) is 8.10. The third kappa shape index (κ3) is 14.9. The molecule has 0 amide bonds. The maximum Gasteiger partial charge on any atom is 0.307 e. The Hall–Kier alpha value is -1.22. The molecule has 2 aliphatic rings. The molecule has 2 fully saturated rings. The van der Waals surface area contributed by atoms with Crippen molar-refractivity contribution in [3.05, 3.63) is 0 Å². The van der Waals surface area contributed by atoms with E-state index in [0.29, 0.717) is 24.9 Å². The Morgan fingerprint density at radius 1 is 0.568 bits per heavy atom. The highest BCUT2D eigenvalue weighted by Gasteiger charge is 2.41. The number of unbranched alkanes of at least 4 members (excludes halogenated alkanes) is 3. The second kappa shape index (κ2) is 16.6. The number of ether oxygens (including phenoxy) is 2. The normalized spacial score (nSPS) is 21.7. The van der Waals surface area contributed by atoms with Crippen molar-refractivity contribution in [1.82, 2.24) is 20.4 Å². The summed E-state index contributed by atoms with van der Waals surface area (Å²) in [6, 6.07) is 0.890. The van der Waals surface area contributed by atoms with Gasteiger partial charge >= 0.3 is 11.9 Å².